The van der Waals surface area contributed by atoms with Gasteiger partial charge in [-0.05, 0) is 55.3 Å². The predicted octanol–water partition coefficient (Wildman–Crippen LogP) is 4.06. The van der Waals surface area contributed by atoms with Gasteiger partial charge in [-0.2, -0.15) is 0 Å². The molecule has 29 heavy (non-hydrogen) atoms. The molecule has 0 bridgehead atoms. The molecule has 3 rings (SSSR count). The van der Waals surface area contributed by atoms with Crippen LogP contribution in [0.25, 0.3) is 0 Å². The molecule has 0 saturated heterocycles. The summed E-state index contributed by atoms with van der Waals surface area (Å²) < 4.78 is 26.9. The third kappa shape index (κ3) is 4.66. The average Bonchev–Trinajstić information content (AvgIpc) is 2.72. The van der Waals surface area contributed by atoms with Gasteiger partial charge in [-0.3, -0.25) is 9.10 Å². The molecule has 0 spiro atoms. The molecule has 0 unspecified atom stereocenters. The monoisotopic (exact) mass is 408 g/mol. The molecule has 1 N–H and O–H groups in total. The first kappa shape index (κ1) is 20.6. The predicted molar refractivity (Wildman–Crippen MR) is 116 cm³/mol. The molecule has 0 saturated carbocycles. The summed E-state index contributed by atoms with van der Waals surface area (Å²) in [5.74, 6) is -0.199. The first-order valence-corrected chi connectivity index (χ1v) is 10.7. The normalized spacial score (nSPS) is 11.1. The first-order chi connectivity index (χ1) is 13.8. The van der Waals surface area contributed by atoms with Crippen molar-refractivity contribution in [1.29, 1.82) is 0 Å². The van der Waals surface area contributed by atoms with E-state index in [-0.39, 0.29) is 10.8 Å². The second kappa shape index (κ2) is 8.49. The lowest BCUT2D eigenvalue weighted by Crippen LogP contribution is -2.27. The smallest absolute Gasteiger partial charge is 0.264 e. The molecule has 150 valence electrons. The number of rotatable bonds is 6. The SMILES string of the molecule is Cc1cccc(CNC(=O)c2ccc(N(C)S(=O)(=O)c3ccccc3)c(C)c2)c1. The fourth-order valence-corrected chi connectivity index (χ4v) is 4.42. The molecule has 6 heteroatoms. The number of carbonyl (C=O) groups is 1. The molecule has 0 radical (unpaired) electrons. The van der Waals surface area contributed by atoms with Gasteiger partial charge >= 0.3 is 0 Å². The van der Waals surface area contributed by atoms with Crippen LogP contribution in [0, 0.1) is 13.8 Å². The molecule has 0 atom stereocenters. The Morgan fingerprint density at radius 3 is 2.31 bits per heavy atom. The molecule has 0 aliphatic heterocycles. The van der Waals surface area contributed by atoms with E-state index in [4.69, 9.17) is 0 Å². The van der Waals surface area contributed by atoms with Crippen molar-refractivity contribution in [2.24, 2.45) is 0 Å². The van der Waals surface area contributed by atoms with Gasteiger partial charge in [0.1, 0.15) is 0 Å². The van der Waals surface area contributed by atoms with Crippen LogP contribution in [0.4, 0.5) is 5.69 Å². The Kier molecular flexibility index (Phi) is 6.03. The van der Waals surface area contributed by atoms with E-state index in [9.17, 15) is 13.2 Å². The molecule has 0 heterocycles. The van der Waals surface area contributed by atoms with Crippen LogP contribution in [0.15, 0.2) is 77.7 Å². The van der Waals surface area contributed by atoms with Crippen molar-refractivity contribution in [1.82, 2.24) is 5.32 Å². The highest BCUT2D eigenvalue weighted by atomic mass is 32.2. The first-order valence-electron chi connectivity index (χ1n) is 9.27. The second-order valence-electron chi connectivity index (χ2n) is 6.96. The van der Waals surface area contributed by atoms with Crippen molar-refractivity contribution in [2.75, 3.05) is 11.4 Å². The van der Waals surface area contributed by atoms with E-state index >= 15 is 0 Å². The maximum atomic E-state index is 12.8. The van der Waals surface area contributed by atoms with Crippen LogP contribution < -0.4 is 9.62 Å². The summed E-state index contributed by atoms with van der Waals surface area (Å²) in [7, 11) is -2.15. The van der Waals surface area contributed by atoms with Gasteiger partial charge in [0.05, 0.1) is 10.6 Å². The quantitative estimate of drug-likeness (QED) is 0.669. The molecule has 5 nitrogen and oxygen atoms in total. The Labute approximate surface area is 172 Å². The van der Waals surface area contributed by atoms with Crippen molar-refractivity contribution >= 4 is 21.6 Å². The van der Waals surface area contributed by atoms with Crippen LogP contribution in [-0.2, 0) is 16.6 Å². The fourth-order valence-electron chi connectivity index (χ4n) is 3.14. The summed E-state index contributed by atoms with van der Waals surface area (Å²) in [6.45, 7) is 4.24. The second-order valence-corrected chi connectivity index (χ2v) is 8.93. The van der Waals surface area contributed by atoms with Gasteiger partial charge in [0.15, 0.2) is 0 Å². The summed E-state index contributed by atoms with van der Waals surface area (Å²) in [4.78, 5) is 12.7. The third-order valence-electron chi connectivity index (χ3n) is 4.74. The van der Waals surface area contributed by atoms with Gasteiger partial charge in [0.25, 0.3) is 15.9 Å². The zero-order valence-corrected chi connectivity index (χ0v) is 17.5. The molecule has 0 aliphatic carbocycles. The molecular weight excluding hydrogens is 384 g/mol. The van der Waals surface area contributed by atoms with E-state index in [1.54, 1.807) is 55.5 Å². The number of hydrogen-bond acceptors (Lipinski definition) is 3. The van der Waals surface area contributed by atoms with Crippen LogP contribution in [0.5, 0.6) is 0 Å². The van der Waals surface area contributed by atoms with Crippen molar-refractivity contribution < 1.29 is 13.2 Å². The zero-order valence-electron chi connectivity index (χ0n) is 16.7. The maximum Gasteiger partial charge on any atom is 0.264 e. The maximum absolute atomic E-state index is 12.8. The molecular formula is C23H24N2O3S. The number of benzene rings is 3. The minimum absolute atomic E-state index is 0.199. The number of anilines is 1. The highest BCUT2D eigenvalue weighted by molar-refractivity contribution is 7.92. The van der Waals surface area contributed by atoms with Gasteiger partial charge in [-0.1, -0.05) is 48.0 Å². The van der Waals surface area contributed by atoms with E-state index in [1.165, 1.54) is 11.4 Å². The molecule has 3 aromatic carbocycles. The van der Waals surface area contributed by atoms with Crippen LogP contribution >= 0.6 is 0 Å². The van der Waals surface area contributed by atoms with E-state index in [0.29, 0.717) is 23.4 Å². The number of carbonyl (C=O) groups excluding carboxylic acids is 1. The van der Waals surface area contributed by atoms with E-state index < -0.39 is 10.0 Å². The Hall–Kier alpha value is -3.12. The summed E-state index contributed by atoms with van der Waals surface area (Å²) in [5.41, 5.74) is 3.89. The minimum atomic E-state index is -3.67. The highest BCUT2D eigenvalue weighted by Crippen LogP contribution is 2.26. The van der Waals surface area contributed by atoms with Crippen molar-refractivity contribution in [2.45, 2.75) is 25.3 Å². The van der Waals surface area contributed by atoms with Gasteiger partial charge < -0.3 is 5.32 Å². The molecule has 0 aliphatic rings. The van der Waals surface area contributed by atoms with Gasteiger partial charge in [0.2, 0.25) is 0 Å². The third-order valence-corrected chi connectivity index (χ3v) is 6.52. The molecule has 3 aromatic rings. The van der Waals surface area contributed by atoms with Crippen molar-refractivity contribution in [3.63, 3.8) is 0 Å². The molecule has 1 amide bonds. The molecule has 0 aromatic heterocycles. The Morgan fingerprint density at radius 1 is 0.931 bits per heavy atom. The van der Waals surface area contributed by atoms with Crippen molar-refractivity contribution in [3.05, 3.63) is 95.1 Å². The number of sulfonamides is 1. The number of nitrogens with zero attached hydrogens (tertiary/aromatic N) is 1. The van der Waals surface area contributed by atoms with Gasteiger partial charge in [-0.25, -0.2) is 8.42 Å². The Balaban J connectivity index is 1.76. The largest absolute Gasteiger partial charge is 0.348 e. The average molecular weight is 409 g/mol. The zero-order chi connectivity index (χ0) is 21.0. The van der Waals surface area contributed by atoms with Crippen LogP contribution in [0.3, 0.4) is 0 Å². The lowest BCUT2D eigenvalue weighted by Gasteiger charge is -2.22. The lowest BCUT2D eigenvalue weighted by molar-refractivity contribution is 0.0951. The fraction of sp³-hybridized carbons (Fsp3) is 0.174. The van der Waals surface area contributed by atoms with Gasteiger partial charge in [-0.15, -0.1) is 0 Å². The van der Waals surface area contributed by atoms with E-state index in [2.05, 4.69) is 5.32 Å². The highest BCUT2D eigenvalue weighted by Gasteiger charge is 2.22. The molecule has 0 fully saturated rings. The van der Waals surface area contributed by atoms with Gasteiger partial charge in [0, 0.05) is 19.2 Å². The topological polar surface area (TPSA) is 66.5 Å². The summed E-state index contributed by atoms with van der Waals surface area (Å²) in [6.07, 6.45) is 0. The lowest BCUT2D eigenvalue weighted by atomic mass is 10.1. The number of nitrogens with one attached hydrogen (secondary N) is 1. The number of hydrogen-bond donors (Lipinski definition) is 1. The Morgan fingerprint density at radius 2 is 1.66 bits per heavy atom. The van der Waals surface area contributed by atoms with E-state index in [0.717, 1.165) is 11.1 Å². The van der Waals surface area contributed by atoms with Crippen LogP contribution in [0.1, 0.15) is 27.0 Å². The van der Waals surface area contributed by atoms with E-state index in [1.807, 2.05) is 31.2 Å². The standard InChI is InChI=1S/C23H24N2O3S/c1-17-8-7-9-19(14-17)16-24-23(26)20-12-13-22(18(2)15-20)25(3)29(27,28)21-10-5-4-6-11-21/h4-15H,16H2,1-3H3,(H,24,26). The number of aryl methyl sites for hydroxylation is 2. The van der Waals surface area contributed by atoms with Crippen LogP contribution in [-0.4, -0.2) is 21.4 Å². The summed E-state index contributed by atoms with van der Waals surface area (Å²) >= 11 is 0. The Bertz CT molecular complexity index is 1130. The summed E-state index contributed by atoms with van der Waals surface area (Å²) in [5, 5.41) is 2.90. The van der Waals surface area contributed by atoms with Crippen LogP contribution in [0.2, 0.25) is 0 Å². The number of amides is 1. The van der Waals surface area contributed by atoms with Crippen molar-refractivity contribution in [3.8, 4) is 0 Å². The summed E-state index contributed by atoms with van der Waals surface area (Å²) in [6, 6.07) is 21.2. The minimum Gasteiger partial charge on any atom is -0.348 e.